The lowest BCUT2D eigenvalue weighted by molar-refractivity contribution is 0.551. The molecule has 7 heteroatoms. The minimum atomic E-state index is -3.50. The van der Waals surface area contributed by atoms with Crippen LogP contribution in [-0.4, -0.2) is 30.8 Å². The maximum atomic E-state index is 12.5. The molecular weight excluding hydrogens is 276 g/mol. The number of nitrogens with zero attached hydrogens (tertiary/aromatic N) is 2. The molecule has 0 aliphatic heterocycles. The summed E-state index contributed by atoms with van der Waals surface area (Å²) in [6.07, 6.45) is 1.66. The van der Waals surface area contributed by atoms with Crippen LogP contribution in [0.5, 0.6) is 0 Å². The van der Waals surface area contributed by atoms with E-state index in [-0.39, 0.29) is 11.5 Å². The molecule has 1 atom stereocenters. The molecule has 2 rings (SSSR count). The Hall–Kier alpha value is -0.920. The van der Waals surface area contributed by atoms with Crippen LogP contribution in [0.4, 0.5) is 0 Å². The molecule has 1 unspecified atom stereocenters. The van der Waals surface area contributed by atoms with Crippen molar-refractivity contribution in [3.05, 3.63) is 11.4 Å². The molecule has 6 nitrogen and oxygen atoms in total. The zero-order chi connectivity index (χ0) is 15.1. The van der Waals surface area contributed by atoms with Crippen LogP contribution in [0.15, 0.2) is 4.90 Å². The molecule has 0 aromatic carbocycles. The summed E-state index contributed by atoms with van der Waals surface area (Å²) in [5.74, 6) is 0. The minimum absolute atomic E-state index is 0.0266. The maximum absolute atomic E-state index is 12.5. The van der Waals surface area contributed by atoms with Crippen molar-refractivity contribution in [2.24, 2.45) is 11.1 Å². The quantitative estimate of drug-likeness (QED) is 0.817. The van der Waals surface area contributed by atoms with Gasteiger partial charge in [-0.2, -0.15) is 5.10 Å². The first kappa shape index (κ1) is 15.5. The normalized spacial score (nSPS) is 21.1. The number of aryl methyl sites for hydroxylation is 2. The van der Waals surface area contributed by atoms with Crippen molar-refractivity contribution < 1.29 is 8.42 Å². The Morgan fingerprint density at radius 1 is 1.45 bits per heavy atom. The Balaban J connectivity index is 2.25. The fraction of sp³-hybridized carbons (Fsp3) is 0.769. The van der Waals surface area contributed by atoms with Gasteiger partial charge in [0.15, 0.2) is 0 Å². The Labute approximate surface area is 120 Å². The zero-order valence-corrected chi connectivity index (χ0v) is 13.4. The van der Waals surface area contributed by atoms with Crippen LogP contribution in [0, 0.1) is 19.3 Å². The zero-order valence-electron chi connectivity index (χ0n) is 12.6. The first-order chi connectivity index (χ1) is 9.19. The average Bonchev–Trinajstić information content (AvgIpc) is 2.77. The van der Waals surface area contributed by atoms with Gasteiger partial charge in [-0.1, -0.05) is 13.8 Å². The molecule has 1 aromatic rings. The van der Waals surface area contributed by atoms with Gasteiger partial charge in [0.1, 0.15) is 4.90 Å². The largest absolute Gasteiger partial charge is 0.330 e. The number of hydrogen-bond donors (Lipinski definition) is 2. The first-order valence-electron chi connectivity index (χ1n) is 6.95. The van der Waals surface area contributed by atoms with Crippen LogP contribution in [0.3, 0.4) is 0 Å². The number of aromatic nitrogens is 2. The summed E-state index contributed by atoms with van der Waals surface area (Å²) in [5, 5.41) is 4.32. The highest BCUT2D eigenvalue weighted by Crippen LogP contribution is 2.45. The van der Waals surface area contributed by atoms with Crippen LogP contribution in [0.2, 0.25) is 0 Å². The number of nitrogens with two attached hydrogens (primary N) is 1. The average molecular weight is 300 g/mol. The predicted molar refractivity (Wildman–Crippen MR) is 77.9 cm³/mol. The van der Waals surface area contributed by atoms with E-state index in [1.54, 1.807) is 18.5 Å². The molecule has 1 fully saturated rings. The van der Waals surface area contributed by atoms with Gasteiger partial charge >= 0.3 is 0 Å². The lowest BCUT2D eigenvalue weighted by Gasteiger charge is -2.09. The molecule has 1 heterocycles. The lowest BCUT2D eigenvalue weighted by Crippen LogP contribution is -2.29. The molecule has 1 aromatic heterocycles. The molecule has 1 saturated carbocycles. The lowest BCUT2D eigenvalue weighted by atomic mass is 10.2. The fourth-order valence-electron chi connectivity index (χ4n) is 2.44. The number of sulfonamides is 1. The summed E-state index contributed by atoms with van der Waals surface area (Å²) >= 11 is 0. The van der Waals surface area contributed by atoms with Crippen molar-refractivity contribution in [2.45, 2.75) is 58.0 Å². The van der Waals surface area contributed by atoms with Crippen LogP contribution in [-0.2, 0) is 16.6 Å². The van der Waals surface area contributed by atoms with Gasteiger partial charge in [-0.3, -0.25) is 4.68 Å². The number of nitrogens with one attached hydrogen (secondary N) is 1. The summed E-state index contributed by atoms with van der Waals surface area (Å²) in [5.41, 5.74) is 6.78. The van der Waals surface area contributed by atoms with E-state index < -0.39 is 10.0 Å². The van der Waals surface area contributed by atoms with Crippen molar-refractivity contribution in [3.63, 3.8) is 0 Å². The second-order valence-electron chi connectivity index (χ2n) is 6.23. The summed E-state index contributed by atoms with van der Waals surface area (Å²) in [6.45, 7) is 8.86. The van der Waals surface area contributed by atoms with E-state index in [0.29, 0.717) is 29.4 Å². The highest BCUT2D eigenvalue weighted by Gasteiger charge is 2.48. The second-order valence-corrected chi connectivity index (χ2v) is 7.88. The highest BCUT2D eigenvalue weighted by atomic mass is 32.2. The standard InChI is InChI=1S/C13H24N4O2S/c1-9-12(10(2)17(15-9)7-5-6-14)20(18,19)16-11-8-13(11,3)4/h11,16H,5-8,14H2,1-4H3. The SMILES string of the molecule is Cc1nn(CCCN)c(C)c1S(=O)(=O)NC1CC1(C)C. The Bertz CT molecular complexity index is 604. The van der Waals surface area contributed by atoms with Gasteiger partial charge in [-0.05, 0) is 38.6 Å². The number of rotatable bonds is 6. The Morgan fingerprint density at radius 2 is 2.05 bits per heavy atom. The first-order valence-corrected chi connectivity index (χ1v) is 8.44. The molecule has 114 valence electrons. The second kappa shape index (κ2) is 5.13. The smallest absolute Gasteiger partial charge is 0.244 e. The molecule has 0 amide bonds. The van der Waals surface area contributed by atoms with Crippen molar-refractivity contribution in [1.29, 1.82) is 0 Å². The van der Waals surface area contributed by atoms with E-state index in [1.165, 1.54) is 0 Å². The van der Waals surface area contributed by atoms with Crippen LogP contribution >= 0.6 is 0 Å². The summed E-state index contributed by atoms with van der Waals surface area (Å²) in [4.78, 5) is 0.317. The van der Waals surface area contributed by atoms with Gasteiger partial charge < -0.3 is 5.73 Å². The molecule has 0 radical (unpaired) electrons. The topological polar surface area (TPSA) is 90.0 Å². The van der Waals surface area contributed by atoms with E-state index in [9.17, 15) is 8.42 Å². The van der Waals surface area contributed by atoms with Crippen LogP contribution < -0.4 is 10.5 Å². The van der Waals surface area contributed by atoms with Gasteiger partial charge in [0.2, 0.25) is 10.0 Å². The van der Waals surface area contributed by atoms with Gasteiger partial charge in [0, 0.05) is 12.6 Å². The molecular formula is C13H24N4O2S. The van der Waals surface area contributed by atoms with Crippen molar-refractivity contribution in [1.82, 2.24) is 14.5 Å². The third-order valence-electron chi connectivity index (χ3n) is 3.97. The van der Waals surface area contributed by atoms with Gasteiger partial charge in [0.05, 0.1) is 11.4 Å². The van der Waals surface area contributed by atoms with Crippen molar-refractivity contribution >= 4 is 10.0 Å². The van der Waals surface area contributed by atoms with E-state index >= 15 is 0 Å². The Morgan fingerprint density at radius 3 is 2.55 bits per heavy atom. The van der Waals surface area contributed by atoms with Crippen molar-refractivity contribution in [2.75, 3.05) is 6.54 Å². The van der Waals surface area contributed by atoms with E-state index in [4.69, 9.17) is 5.73 Å². The molecule has 0 spiro atoms. The molecule has 1 aliphatic carbocycles. The van der Waals surface area contributed by atoms with Crippen LogP contribution in [0.25, 0.3) is 0 Å². The third kappa shape index (κ3) is 2.89. The van der Waals surface area contributed by atoms with Crippen molar-refractivity contribution in [3.8, 4) is 0 Å². The van der Waals surface area contributed by atoms with E-state index in [2.05, 4.69) is 23.7 Å². The molecule has 3 N–H and O–H groups in total. The Kier molecular flexibility index (Phi) is 3.96. The minimum Gasteiger partial charge on any atom is -0.330 e. The van der Waals surface area contributed by atoms with Gasteiger partial charge in [-0.15, -0.1) is 0 Å². The summed E-state index contributed by atoms with van der Waals surface area (Å²) in [6, 6.07) is 0.0266. The monoisotopic (exact) mass is 300 g/mol. The van der Waals surface area contributed by atoms with E-state index in [1.807, 2.05) is 0 Å². The third-order valence-corrected chi connectivity index (χ3v) is 5.69. The summed E-state index contributed by atoms with van der Waals surface area (Å²) in [7, 11) is -3.50. The number of hydrogen-bond acceptors (Lipinski definition) is 4. The van der Waals surface area contributed by atoms with Gasteiger partial charge in [-0.25, -0.2) is 13.1 Å². The summed E-state index contributed by atoms with van der Waals surface area (Å²) < 4.78 is 29.5. The van der Waals surface area contributed by atoms with Gasteiger partial charge in [0.25, 0.3) is 0 Å². The molecule has 1 aliphatic rings. The van der Waals surface area contributed by atoms with Crippen LogP contribution in [0.1, 0.15) is 38.1 Å². The molecule has 20 heavy (non-hydrogen) atoms. The predicted octanol–water partition coefficient (Wildman–Crippen LogP) is 0.926. The fourth-order valence-corrected chi connectivity index (χ4v) is 4.26. The molecule has 0 bridgehead atoms. The maximum Gasteiger partial charge on any atom is 0.244 e. The molecule has 0 saturated heterocycles. The highest BCUT2D eigenvalue weighted by molar-refractivity contribution is 7.89. The van der Waals surface area contributed by atoms with E-state index in [0.717, 1.165) is 12.8 Å².